The fourth-order valence-electron chi connectivity index (χ4n) is 3.58. The van der Waals surface area contributed by atoms with Crippen molar-refractivity contribution in [2.24, 2.45) is 11.0 Å². The van der Waals surface area contributed by atoms with Crippen LogP contribution in [0.15, 0.2) is 47.6 Å². The van der Waals surface area contributed by atoms with E-state index in [-0.39, 0.29) is 11.5 Å². The molecule has 3 rings (SSSR count). The number of nitrogens with one attached hydrogen (secondary N) is 1. The topological polar surface area (TPSA) is 80.2 Å². The van der Waals surface area contributed by atoms with Crippen LogP contribution < -0.4 is 14.9 Å². The molecule has 0 atom stereocenters. The molecule has 7 nitrogen and oxygen atoms in total. The second-order valence-corrected chi connectivity index (χ2v) is 7.49. The molecule has 1 aliphatic heterocycles. The lowest BCUT2D eigenvalue weighted by Gasteiger charge is -2.31. The number of hydrazone groups is 1. The van der Waals surface area contributed by atoms with Gasteiger partial charge < -0.3 is 14.4 Å². The summed E-state index contributed by atoms with van der Waals surface area (Å²) in [4.78, 5) is 26.9. The van der Waals surface area contributed by atoms with Crippen LogP contribution in [-0.2, 0) is 11.0 Å². The molecule has 2 aromatic rings. The maximum atomic E-state index is 13.0. The molecular weight excluding hydrogens is 439 g/mol. The molecule has 176 valence electrons. The lowest BCUT2D eigenvalue weighted by Crippen LogP contribution is -2.42. The maximum Gasteiger partial charge on any atom is 0.417 e. The summed E-state index contributed by atoms with van der Waals surface area (Å²) in [6.45, 7) is 0.716. The summed E-state index contributed by atoms with van der Waals surface area (Å²) in [5.41, 5.74) is 1.76. The SMILES string of the molecule is COc1cc(OC)cc(C(=O)N2CCC(C(=O)N/N=C\c3ccccc3C(F)(F)F)CC2)c1. The number of nitrogens with zero attached hydrogens (tertiary/aromatic N) is 2. The number of piperidine rings is 1. The van der Waals surface area contributed by atoms with Gasteiger partial charge in [0.05, 0.1) is 26.0 Å². The Morgan fingerprint density at radius 2 is 1.67 bits per heavy atom. The molecule has 0 aliphatic carbocycles. The Balaban J connectivity index is 1.57. The van der Waals surface area contributed by atoms with Gasteiger partial charge in [0.2, 0.25) is 5.91 Å². The van der Waals surface area contributed by atoms with Gasteiger partial charge >= 0.3 is 6.18 Å². The second-order valence-electron chi connectivity index (χ2n) is 7.49. The van der Waals surface area contributed by atoms with Gasteiger partial charge in [0.15, 0.2) is 0 Å². The van der Waals surface area contributed by atoms with Crippen LogP contribution in [0, 0.1) is 5.92 Å². The number of carbonyl (C=O) groups is 2. The van der Waals surface area contributed by atoms with Crippen molar-refractivity contribution in [1.29, 1.82) is 0 Å². The zero-order valence-electron chi connectivity index (χ0n) is 18.2. The van der Waals surface area contributed by atoms with E-state index in [1.54, 1.807) is 23.1 Å². The molecule has 2 aromatic carbocycles. The summed E-state index contributed by atoms with van der Waals surface area (Å²) in [5.74, 6) is -0.00326. The Kier molecular flexibility index (Phi) is 7.57. The lowest BCUT2D eigenvalue weighted by atomic mass is 9.95. The third-order valence-corrected chi connectivity index (χ3v) is 5.40. The molecule has 33 heavy (non-hydrogen) atoms. The molecule has 0 saturated carbocycles. The van der Waals surface area contributed by atoms with Crippen LogP contribution in [0.4, 0.5) is 13.2 Å². The van der Waals surface area contributed by atoms with E-state index >= 15 is 0 Å². The zero-order chi connectivity index (χ0) is 24.0. The molecule has 1 N–H and O–H groups in total. The van der Waals surface area contributed by atoms with E-state index in [0.717, 1.165) is 12.3 Å². The first kappa shape index (κ1) is 24.1. The largest absolute Gasteiger partial charge is 0.497 e. The van der Waals surface area contributed by atoms with E-state index in [2.05, 4.69) is 10.5 Å². The van der Waals surface area contributed by atoms with Crippen LogP contribution in [0.5, 0.6) is 11.5 Å². The van der Waals surface area contributed by atoms with Gasteiger partial charge in [0.25, 0.3) is 5.91 Å². The highest BCUT2D eigenvalue weighted by Gasteiger charge is 2.32. The minimum absolute atomic E-state index is 0.139. The first-order chi connectivity index (χ1) is 15.7. The summed E-state index contributed by atoms with van der Waals surface area (Å²) in [5, 5.41) is 3.70. The number of hydrogen-bond donors (Lipinski definition) is 1. The van der Waals surface area contributed by atoms with Crippen LogP contribution in [0.25, 0.3) is 0 Å². The number of ether oxygens (including phenoxy) is 2. The average Bonchev–Trinajstić information content (AvgIpc) is 2.82. The molecule has 2 amide bonds. The smallest absolute Gasteiger partial charge is 0.417 e. The van der Waals surface area contributed by atoms with Crippen molar-refractivity contribution in [3.8, 4) is 11.5 Å². The van der Waals surface area contributed by atoms with Gasteiger partial charge in [-0.15, -0.1) is 0 Å². The summed E-state index contributed by atoms with van der Waals surface area (Å²) < 4.78 is 49.5. The van der Waals surface area contributed by atoms with Crippen LogP contribution in [0.1, 0.15) is 34.3 Å². The number of hydrogen-bond acceptors (Lipinski definition) is 5. The third-order valence-electron chi connectivity index (χ3n) is 5.40. The number of halogens is 3. The van der Waals surface area contributed by atoms with E-state index < -0.39 is 23.6 Å². The highest BCUT2D eigenvalue weighted by atomic mass is 19.4. The molecule has 0 bridgehead atoms. The van der Waals surface area contributed by atoms with Crippen LogP contribution in [-0.4, -0.2) is 50.2 Å². The molecule has 1 fully saturated rings. The normalized spacial score (nSPS) is 14.9. The van der Waals surface area contributed by atoms with Gasteiger partial charge in [-0.3, -0.25) is 9.59 Å². The Hall–Kier alpha value is -3.56. The van der Waals surface area contributed by atoms with Gasteiger partial charge in [-0.25, -0.2) is 5.43 Å². The highest BCUT2D eigenvalue weighted by molar-refractivity contribution is 5.95. The Morgan fingerprint density at radius 3 is 2.24 bits per heavy atom. The van der Waals surface area contributed by atoms with Crippen molar-refractivity contribution in [3.63, 3.8) is 0 Å². The minimum atomic E-state index is -4.52. The van der Waals surface area contributed by atoms with E-state index in [9.17, 15) is 22.8 Å². The number of methoxy groups -OCH3 is 2. The number of rotatable bonds is 6. The van der Waals surface area contributed by atoms with Gasteiger partial charge in [-0.1, -0.05) is 18.2 Å². The van der Waals surface area contributed by atoms with Gasteiger partial charge in [0.1, 0.15) is 11.5 Å². The molecule has 0 unspecified atom stereocenters. The Labute approximate surface area is 189 Å². The standard InChI is InChI=1S/C23H24F3N3O4/c1-32-18-11-17(12-19(13-18)33-2)22(31)29-9-7-15(8-10-29)21(30)28-27-14-16-5-3-4-6-20(16)23(24,25)26/h3-6,11-15H,7-10H2,1-2H3,(H,28,30)/b27-14-. The highest BCUT2D eigenvalue weighted by Crippen LogP contribution is 2.31. The van der Waals surface area contributed by atoms with Crippen molar-refractivity contribution in [1.82, 2.24) is 10.3 Å². The minimum Gasteiger partial charge on any atom is -0.497 e. The van der Waals surface area contributed by atoms with Crippen molar-refractivity contribution >= 4 is 18.0 Å². The van der Waals surface area contributed by atoms with Gasteiger partial charge in [-0.05, 0) is 31.0 Å². The molecular formula is C23H24F3N3O4. The third kappa shape index (κ3) is 6.03. The van der Waals surface area contributed by atoms with Crippen LogP contribution in [0.2, 0.25) is 0 Å². The Morgan fingerprint density at radius 1 is 1.06 bits per heavy atom. The summed E-state index contributed by atoms with van der Waals surface area (Å²) in [6.07, 6.45) is -2.71. The first-order valence-corrected chi connectivity index (χ1v) is 10.2. The van der Waals surface area contributed by atoms with Gasteiger partial charge in [0, 0.05) is 36.2 Å². The molecule has 1 aliphatic rings. The van der Waals surface area contributed by atoms with Crippen LogP contribution >= 0.6 is 0 Å². The van der Waals surface area contributed by atoms with E-state index in [1.165, 1.54) is 32.4 Å². The number of benzene rings is 2. The number of amides is 2. The summed E-state index contributed by atoms with van der Waals surface area (Å²) in [6, 6.07) is 9.89. The fraction of sp³-hybridized carbons (Fsp3) is 0.348. The number of carbonyl (C=O) groups excluding carboxylic acids is 2. The maximum absolute atomic E-state index is 13.0. The molecule has 10 heteroatoms. The van der Waals surface area contributed by atoms with Gasteiger partial charge in [-0.2, -0.15) is 18.3 Å². The zero-order valence-corrected chi connectivity index (χ0v) is 18.2. The molecule has 0 radical (unpaired) electrons. The molecule has 0 spiro atoms. The lowest BCUT2D eigenvalue weighted by molar-refractivity contribution is -0.137. The molecule has 1 heterocycles. The summed E-state index contributed by atoms with van der Waals surface area (Å²) in [7, 11) is 2.99. The van der Waals surface area contributed by atoms with E-state index in [1.807, 2.05) is 0 Å². The quantitative estimate of drug-likeness (QED) is 0.523. The van der Waals surface area contributed by atoms with Crippen molar-refractivity contribution in [2.75, 3.05) is 27.3 Å². The number of likely N-dealkylation sites (tertiary alicyclic amines) is 1. The summed E-state index contributed by atoms with van der Waals surface area (Å²) >= 11 is 0. The van der Waals surface area contributed by atoms with Crippen LogP contribution in [0.3, 0.4) is 0 Å². The average molecular weight is 463 g/mol. The van der Waals surface area contributed by atoms with E-state index in [4.69, 9.17) is 9.47 Å². The first-order valence-electron chi connectivity index (χ1n) is 10.2. The second kappa shape index (κ2) is 10.4. The number of alkyl halides is 3. The predicted octanol–water partition coefficient (Wildman–Crippen LogP) is 3.73. The fourth-order valence-corrected chi connectivity index (χ4v) is 3.58. The monoisotopic (exact) mass is 463 g/mol. The van der Waals surface area contributed by atoms with Crippen molar-refractivity contribution in [3.05, 3.63) is 59.2 Å². The molecule has 0 aromatic heterocycles. The van der Waals surface area contributed by atoms with E-state index in [0.29, 0.717) is 43.0 Å². The van der Waals surface area contributed by atoms with Crippen molar-refractivity contribution < 1.29 is 32.2 Å². The predicted molar refractivity (Wildman–Crippen MR) is 115 cm³/mol. The van der Waals surface area contributed by atoms with Crippen molar-refractivity contribution in [2.45, 2.75) is 19.0 Å². The molecule has 1 saturated heterocycles. The Bertz CT molecular complexity index is 1010.